The van der Waals surface area contributed by atoms with Crippen molar-refractivity contribution >= 4 is 43.9 Å². The van der Waals surface area contributed by atoms with Crippen molar-refractivity contribution in [3.8, 4) is 146 Å². The molecule has 4 heterocycles. The van der Waals surface area contributed by atoms with Gasteiger partial charge in [-0.15, -0.1) is 0 Å². The molecule has 4 spiro atoms. The molecule has 0 amide bonds. The van der Waals surface area contributed by atoms with Crippen LogP contribution in [0.1, 0.15) is 89.0 Å². The minimum atomic E-state index is -0.696. The largest absolute Gasteiger partial charge is 0.455 e. The van der Waals surface area contributed by atoms with Crippen LogP contribution in [0.15, 0.2) is 506 Å². The molecule has 144 heavy (non-hydrogen) atoms. The second-order valence-corrected chi connectivity index (χ2v) is 38.6. The van der Waals surface area contributed by atoms with Gasteiger partial charge >= 0.3 is 0 Å². The molecule has 0 unspecified atom stereocenters. The number of para-hydroxylation sites is 2. The Morgan fingerprint density at radius 2 is 0.347 bits per heavy atom. The number of fused-ring (bicyclic) bond motifs is 40. The minimum absolute atomic E-state index is 0.529. The maximum absolute atomic E-state index is 7.07. The zero-order chi connectivity index (χ0) is 94.5. The van der Waals surface area contributed by atoms with Crippen molar-refractivity contribution in [2.75, 3.05) is 0 Å². The standard InChI is InChI=1S/C71H43N3O.C65H39N3O/c1-3-18-44(19-4-1)45-34-36-47(37-35-45)68-72-67(46-20-5-2-6-21-46)73-69(74-68)50-23-17-22-48(42-50)49-38-40-58-55(43-49)65-63(41-39-54-53-26-9-16-33-64(53)75-66(54)65)71(58)61-31-14-12-29-59(61)70(60-30-13-15-32-62(60)71)56-27-10-7-24-51(56)52-25-8-11-28-57(52)70;1-3-18-40(19-4-1)42-22-17-23-43(38-42)62-66-61(41-20-5-2-6-21-41)67-63(68-62)44-34-36-52-49(39-44)59-57(37-35-48-47-26-9-16-33-58(47)69-60(48)59)65(52)55-31-14-12-29-53(55)64(54-30-13-15-32-56(54)65)50-27-10-7-24-45(50)46-25-8-11-28-51(46)64/h1-43H;1-39H. The third-order valence-electron chi connectivity index (χ3n) is 31.7. The number of furan rings is 2. The SMILES string of the molecule is c1ccc(-c2ccc(-c3nc(-c4ccccc4)nc(-c4cccc(-c5ccc6c(c5)-c5c(ccc7c5oc5ccccc57)C65c6ccccc6C6(c7ccccc7-c7ccccc76)c6ccccc65)c4)n3)cc2)cc1.c1ccc(-c2cccc(-c3nc(-c4ccccc4)nc(-c4ccc5c(c4)-c4c(ccc6c4oc4ccccc46)C54c5ccccc5C5(c6ccccc6-c6ccccc65)c5ccccc54)n3)c2)cc1. The summed E-state index contributed by atoms with van der Waals surface area (Å²) in [6.07, 6.45) is 0. The lowest BCUT2D eigenvalue weighted by Gasteiger charge is -2.48. The van der Waals surface area contributed by atoms with Gasteiger partial charge in [-0.05, 0) is 192 Å². The van der Waals surface area contributed by atoms with E-state index < -0.39 is 21.7 Å². The molecule has 0 fully saturated rings. The van der Waals surface area contributed by atoms with Crippen molar-refractivity contribution in [2.24, 2.45) is 0 Å². The minimum Gasteiger partial charge on any atom is -0.455 e. The maximum Gasteiger partial charge on any atom is 0.164 e. The molecule has 0 atom stereocenters. The maximum atomic E-state index is 7.07. The van der Waals surface area contributed by atoms with Crippen LogP contribution in [0.3, 0.4) is 0 Å². The molecule has 8 heteroatoms. The van der Waals surface area contributed by atoms with E-state index in [-0.39, 0.29) is 0 Å². The van der Waals surface area contributed by atoms with Crippen molar-refractivity contribution in [2.45, 2.75) is 21.7 Å². The molecule has 21 aromatic carbocycles. The molecule has 0 saturated heterocycles. The molecule has 0 radical (unpaired) electrons. The highest BCUT2D eigenvalue weighted by atomic mass is 16.3. The zero-order valence-electron chi connectivity index (χ0n) is 77.8. The second-order valence-electron chi connectivity index (χ2n) is 38.6. The van der Waals surface area contributed by atoms with E-state index >= 15 is 0 Å². The van der Waals surface area contributed by atoms with E-state index in [1.54, 1.807) is 0 Å². The first-order valence-corrected chi connectivity index (χ1v) is 49.4. The Hall–Kier alpha value is -18.8. The van der Waals surface area contributed by atoms with Gasteiger partial charge in [0.1, 0.15) is 22.3 Å². The van der Waals surface area contributed by atoms with Gasteiger partial charge in [-0.1, -0.05) is 461 Å². The first-order chi connectivity index (χ1) is 71.4. The molecule has 6 aliphatic carbocycles. The van der Waals surface area contributed by atoms with Crippen LogP contribution < -0.4 is 0 Å². The molecule has 25 aromatic rings. The van der Waals surface area contributed by atoms with Crippen molar-refractivity contribution in [1.82, 2.24) is 29.9 Å². The normalized spacial score (nSPS) is 13.9. The predicted molar refractivity (Wildman–Crippen MR) is 579 cm³/mol. The summed E-state index contributed by atoms with van der Waals surface area (Å²) in [5, 5.41) is 4.42. The van der Waals surface area contributed by atoms with Crippen LogP contribution in [0.5, 0.6) is 0 Å². The number of hydrogen-bond donors (Lipinski definition) is 0. The van der Waals surface area contributed by atoms with E-state index in [1.165, 1.54) is 111 Å². The Balaban J connectivity index is 0.000000135. The quantitative estimate of drug-likeness (QED) is 0.141. The van der Waals surface area contributed by atoms with Crippen LogP contribution in [0, 0.1) is 0 Å². The van der Waals surface area contributed by atoms with E-state index in [1.807, 2.05) is 48.5 Å². The third-order valence-corrected chi connectivity index (χ3v) is 31.7. The number of aromatic nitrogens is 6. The highest BCUT2D eigenvalue weighted by molar-refractivity contribution is 6.15. The monoisotopic (exact) mass is 1830 g/mol. The molecular weight excluding hydrogens is 1750 g/mol. The smallest absolute Gasteiger partial charge is 0.164 e. The summed E-state index contributed by atoms with van der Waals surface area (Å²) in [5.74, 6) is 3.70. The number of rotatable bonds is 9. The lowest BCUT2D eigenvalue weighted by Crippen LogP contribution is -2.43. The molecule has 0 N–H and O–H groups in total. The molecular formula is C136H82N6O2. The van der Waals surface area contributed by atoms with E-state index in [2.05, 4.69) is 449 Å². The number of hydrogen-bond acceptors (Lipinski definition) is 8. The van der Waals surface area contributed by atoms with Gasteiger partial charge in [0.15, 0.2) is 34.9 Å². The van der Waals surface area contributed by atoms with Crippen LogP contribution in [-0.2, 0) is 21.7 Å². The lowest BCUT2D eigenvalue weighted by molar-refractivity contribution is 0.631. The van der Waals surface area contributed by atoms with E-state index in [4.69, 9.17) is 38.7 Å². The molecule has 31 rings (SSSR count). The summed E-state index contributed by atoms with van der Waals surface area (Å²) in [4.78, 5) is 31.2. The first-order valence-electron chi connectivity index (χ1n) is 49.4. The lowest BCUT2D eigenvalue weighted by atomic mass is 9.52. The fourth-order valence-electron chi connectivity index (χ4n) is 25.9. The summed E-state index contributed by atoms with van der Waals surface area (Å²) in [7, 11) is 0. The zero-order valence-corrected chi connectivity index (χ0v) is 77.8. The Kier molecular flexibility index (Phi) is 17.7. The highest BCUT2D eigenvalue weighted by Gasteiger charge is 2.62. The van der Waals surface area contributed by atoms with E-state index in [0.717, 1.165) is 133 Å². The molecule has 8 nitrogen and oxygen atoms in total. The summed E-state index contributed by atoms with van der Waals surface area (Å²) in [6.45, 7) is 0. The predicted octanol–water partition coefficient (Wildman–Crippen LogP) is 32.6. The van der Waals surface area contributed by atoms with Gasteiger partial charge in [-0.3, -0.25) is 0 Å². The Morgan fingerprint density at radius 1 is 0.132 bits per heavy atom. The van der Waals surface area contributed by atoms with E-state index in [9.17, 15) is 0 Å². The van der Waals surface area contributed by atoms with Crippen molar-refractivity contribution in [3.63, 3.8) is 0 Å². The summed E-state index contributed by atoms with van der Waals surface area (Å²) in [6, 6.07) is 180. The average Bonchev–Trinajstić information content (AvgIpc) is 1.47. The fraction of sp³-hybridized carbons (Fsp3) is 0.0294. The second kappa shape index (κ2) is 31.4. The molecule has 0 aliphatic heterocycles. The number of nitrogens with zero attached hydrogens (tertiary/aromatic N) is 6. The van der Waals surface area contributed by atoms with Gasteiger partial charge in [0.25, 0.3) is 0 Å². The van der Waals surface area contributed by atoms with Gasteiger partial charge in [0, 0.05) is 66.1 Å². The van der Waals surface area contributed by atoms with Crippen molar-refractivity contribution in [1.29, 1.82) is 0 Å². The van der Waals surface area contributed by atoms with Crippen molar-refractivity contribution in [3.05, 3.63) is 586 Å². The third kappa shape index (κ3) is 11.4. The number of benzene rings is 21. The Labute approximate surface area is 831 Å². The summed E-state index contributed by atoms with van der Waals surface area (Å²) < 4.78 is 14.1. The van der Waals surface area contributed by atoms with Gasteiger partial charge in [0.2, 0.25) is 0 Å². The Morgan fingerprint density at radius 3 is 0.715 bits per heavy atom. The summed E-state index contributed by atoms with van der Waals surface area (Å²) in [5.41, 5.74) is 43.4. The average molecular weight is 1830 g/mol. The van der Waals surface area contributed by atoms with Crippen molar-refractivity contribution < 1.29 is 8.83 Å². The summed E-state index contributed by atoms with van der Waals surface area (Å²) >= 11 is 0. The van der Waals surface area contributed by atoms with Crippen LogP contribution in [0.25, 0.3) is 190 Å². The van der Waals surface area contributed by atoms with Crippen LogP contribution in [0.2, 0.25) is 0 Å². The molecule has 6 aliphatic rings. The Bertz CT molecular complexity index is 9490. The molecule has 0 bridgehead atoms. The fourth-order valence-corrected chi connectivity index (χ4v) is 25.9. The first kappa shape index (κ1) is 81.3. The van der Waals surface area contributed by atoms with Gasteiger partial charge < -0.3 is 8.83 Å². The topological polar surface area (TPSA) is 104 Å². The van der Waals surface area contributed by atoms with Gasteiger partial charge in [-0.25, -0.2) is 29.9 Å². The van der Waals surface area contributed by atoms with E-state index in [0.29, 0.717) is 34.9 Å². The van der Waals surface area contributed by atoms with Gasteiger partial charge in [0.05, 0.1) is 21.7 Å². The van der Waals surface area contributed by atoms with Crippen LogP contribution in [0.4, 0.5) is 0 Å². The molecule has 4 aromatic heterocycles. The molecule has 0 saturated carbocycles. The molecule has 668 valence electrons. The van der Waals surface area contributed by atoms with Crippen LogP contribution in [-0.4, -0.2) is 29.9 Å². The highest BCUT2D eigenvalue weighted by Crippen LogP contribution is 2.71. The van der Waals surface area contributed by atoms with Gasteiger partial charge in [-0.2, -0.15) is 0 Å². The van der Waals surface area contributed by atoms with Crippen LogP contribution >= 0.6 is 0 Å².